The quantitative estimate of drug-likeness (QED) is 0.761. The summed E-state index contributed by atoms with van der Waals surface area (Å²) < 4.78 is 0. The van der Waals surface area contributed by atoms with Crippen molar-refractivity contribution in [3.63, 3.8) is 0 Å². The first-order valence-corrected chi connectivity index (χ1v) is 7.40. The molecule has 0 aromatic rings. The lowest BCUT2D eigenvalue weighted by atomic mass is 10.2. The lowest BCUT2D eigenvalue weighted by Crippen LogP contribution is -2.48. The van der Waals surface area contributed by atoms with Gasteiger partial charge in [-0.3, -0.25) is 10.1 Å². The van der Waals surface area contributed by atoms with Gasteiger partial charge in [0, 0.05) is 31.3 Å². The van der Waals surface area contributed by atoms with Crippen molar-refractivity contribution < 1.29 is 4.79 Å². The van der Waals surface area contributed by atoms with Crippen molar-refractivity contribution in [2.75, 3.05) is 45.4 Å². The van der Waals surface area contributed by atoms with Crippen molar-refractivity contribution in [2.45, 2.75) is 19.9 Å². The van der Waals surface area contributed by atoms with Crippen LogP contribution in [0.4, 0.5) is 0 Å². The maximum Gasteiger partial charge on any atom is 0.240 e. The molecule has 100 valence electrons. The predicted molar refractivity (Wildman–Crippen MR) is 74.2 cm³/mol. The van der Waals surface area contributed by atoms with Gasteiger partial charge in [-0.05, 0) is 20.0 Å². The Kier molecular flexibility index (Phi) is 6.30. The van der Waals surface area contributed by atoms with Crippen molar-refractivity contribution in [3.05, 3.63) is 0 Å². The molecule has 0 aliphatic carbocycles. The Labute approximate surface area is 109 Å². The number of rotatable bonds is 6. The summed E-state index contributed by atoms with van der Waals surface area (Å²) >= 11 is 1.80. The zero-order valence-corrected chi connectivity index (χ0v) is 12.2. The summed E-state index contributed by atoms with van der Waals surface area (Å²) in [6, 6.07) is 0.0286. The summed E-state index contributed by atoms with van der Waals surface area (Å²) in [5.41, 5.74) is 0. The second-order valence-electron chi connectivity index (χ2n) is 5.25. The molecule has 5 heteroatoms. The van der Waals surface area contributed by atoms with E-state index in [1.54, 1.807) is 11.8 Å². The maximum atomic E-state index is 12.3. The number of nitrogens with one attached hydrogen (secondary N) is 1. The van der Waals surface area contributed by atoms with E-state index in [0.29, 0.717) is 5.92 Å². The van der Waals surface area contributed by atoms with Crippen molar-refractivity contribution in [2.24, 2.45) is 5.92 Å². The van der Waals surface area contributed by atoms with Gasteiger partial charge in [0.05, 0.1) is 6.04 Å². The highest BCUT2D eigenvalue weighted by Gasteiger charge is 2.27. The molecule has 1 aliphatic rings. The fourth-order valence-electron chi connectivity index (χ4n) is 1.83. The predicted octanol–water partition coefficient (Wildman–Crippen LogP) is 0.695. The van der Waals surface area contributed by atoms with Crippen LogP contribution in [0.15, 0.2) is 0 Å². The number of carbonyl (C=O) groups is 1. The molecule has 1 atom stereocenters. The van der Waals surface area contributed by atoms with Gasteiger partial charge in [0.15, 0.2) is 0 Å². The average molecular weight is 259 g/mol. The lowest BCUT2D eigenvalue weighted by Gasteiger charge is -2.28. The van der Waals surface area contributed by atoms with Crippen LogP contribution in [0.5, 0.6) is 0 Å². The smallest absolute Gasteiger partial charge is 0.240 e. The topological polar surface area (TPSA) is 35.6 Å². The number of carbonyl (C=O) groups excluding carboxylic acids is 1. The largest absolute Gasteiger partial charge is 0.340 e. The summed E-state index contributed by atoms with van der Waals surface area (Å²) in [6.45, 7) is 6.93. The number of amides is 1. The molecule has 1 heterocycles. The molecule has 1 rings (SSSR count). The normalized spacial score (nSPS) is 20.2. The van der Waals surface area contributed by atoms with E-state index < -0.39 is 0 Å². The fourth-order valence-corrected chi connectivity index (χ4v) is 2.76. The first-order chi connectivity index (χ1) is 8.00. The van der Waals surface area contributed by atoms with Crippen LogP contribution >= 0.6 is 11.8 Å². The van der Waals surface area contributed by atoms with Gasteiger partial charge in [-0.15, -0.1) is 11.8 Å². The molecule has 4 nitrogen and oxygen atoms in total. The van der Waals surface area contributed by atoms with E-state index in [-0.39, 0.29) is 11.9 Å². The summed E-state index contributed by atoms with van der Waals surface area (Å²) in [6.07, 6.45) is 0. The third-order valence-electron chi connectivity index (χ3n) is 2.73. The minimum absolute atomic E-state index is 0.0286. The van der Waals surface area contributed by atoms with Crippen LogP contribution in [0, 0.1) is 5.92 Å². The SMILES string of the molecule is CC(C)CN(CCN(C)C)C(=O)C1CSCN1. The molecule has 1 N–H and O–H groups in total. The maximum absolute atomic E-state index is 12.3. The number of nitrogens with zero attached hydrogens (tertiary/aromatic N) is 2. The molecule has 1 aliphatic heterocycles. The highest BCUT2D eigenvalue weighted by molar-refractivity contribution is 7.99. The molecule has 17 heavy (non-hydrogen) atoms. The molecule has 1 unspecified atom stereocenters. The van der Waals surface area contributed by atoms with Gasteiger partial charge in [-0.1, -0.05) is 13.8 Å². The Bertz CT molecular complexity index is 240. The van der Waals surface area contributed by atoms with Gasteiger partial charge < -0.3 is 9.80 Å². The molecular weight excluding hydrogens is 234 g/mol. The molecule has 0 aromatic heterocycles. The Balaban J connectivity index is 2.50. The zero-order chi connectivity index (χ0) is 12.8. The van der Waals surface area contributed by atoms with Crippen LogP contribution < -0.4 is 5.32 Å². The first kappa shape index (κ1) is 14.8. The third-order valence-corrected chi connectivity index (χ3v) is 3.67. The van der Waals surface area contributed by atoms with Gasteiger partial charge in [0.1, 0.15) is 0 Å². The molecule has 0 bridgehead atoms. The summed E-state index contributed by atoms with van der Waals surface area (Å²) in [7, 11) is 4.09. The van der Waals surface area contributed by atoms with Crippen LogP contribution in [-0.4, -0.2) is 67.1 Å². The molecule has 0 saturated carbocycles. The third kappa shape index (κ3) is 5.27. The van der Waals surface area contributed by atoms with E-state index in [1.807, 2.05) is 19.0 Å². The van der Waals surface area contributed by atoms with Crippen molar-refractivity contribution in [3.8, 4) is 0 Å². The second-order valence-corrected chi connectivity index (χ2v) is 6.28. The second kappa shape index (κ2) is 7.24. The summed E-state index contributed by atoms with van der Waals surface area (Å²) in [5, 5.41) is 3.26. The van der Waals surface area contributed by atoms with Gasteiger partial charge >= 0.3 is 0 Å². The average Bonchev–Trinajstić information content (AvgIpc) is 2.75. The minimum atomic E-state index is 0.0286. The zero-order valence-electron chi connectivity index (χ0n) is 11.4. The van der Waals surface area contributed by atoms with Gasteiger partial charge in [0.25, 0.3) is 0 Å². The number of thioether (sulfide) groups is 1. The molecule has 0 aromatic carbocycles. The van der Waals surface area contributed by atoms with Crippen LogP contribution in [0.2, 0.25) is 0 Å². The van der Waals surface area contributed by atoms with E-state index in [0.717, 1.165) is 31.3 Å². The highest BCUT2D eigenvalue weighted by atomic mass is 32.2. The van der Waals surface area contributed by atoms with Crippen LogP contribution in [0.3, 0.4) is 0 Å². The standard InChI is InChI=1S/C12H25N3OS/c1-10(2)7-15(6-5-14(3)4)12(16)11-8-17-9-13-11/h10-11,13H,5-9H2,1-4H3. The molecule has 1 saturated heterocycles. The highest BCUT2D eigenvalue weighted by Crippen LogP contribution is 2.13. The van der Waals surface area contributed by atoms with E-state index in [4.69, 9.17) is 0 Å². The van der Waals surface area contributed by atoms with Crippen molar-refractivity contribution in [1.29, 1.82) is 0 Å². The Morgan fingerprint density at radius 2 is 2.12 bits per heavy atom. The Morgan fingerprint density at radius 3 is 2.59 bits per heavy atom. The lowest BCUT2D eigenvalue weighted by molar-refractivity contribution is -0.133. The minimum Gasteiger partial charge on any atom is -0.340 e. The molecule has 1 amide bonds. The molecule has 1 fully saturated rings. The Morgan fingerprint density at radius 1 is 1.41 bits per heavy atom. The monoisotopic (exact) mass is 259 g/mol. The van der Waals surface area contributed by atoms with Gasteiger partial charge in [-0.25, -0.2) is 0 Å². The molecular formula is C12H25N3OS. The van der Waals surface area contributed by atoms with Crippen LogP contribution in [-0.2, 0) is 4.79 Å². The van der Waals surface area contributed by atoms with Gasteiger partial charge in [-0.2, -0.15) is 0 Å². The molecule has 0 radical (unpaired) electrons. The van der Waals surface area contributed by atoms with Crippen molar-refractivity contribution >= 4 is 17.7 Å². The van der Waals surface area contributed by atoms with E-state index >= 15 is 0 Å². The van der Waals surface area contributed by atoms with Crippen molar-refractivity contribution in [1.82, 2.24) is 15.1 Å². The number of hydrogen-bond acceptors (Lipinski definition) is 4. The van der Waals surface area contributed by atoms with E-state index in [2.05, 4.69) is 24.1 Å². The summed E-state index contributed by atoms with van der Waals surface area (Å²) in [4.78, 5) is 16.5. The van der Waals surface area contributed by atoms with Crippen LogP contribution in [0.1, 0.15) is 13.8 Å². The van der Waals surface area contributed by atoms with Gasteiger partial charge in [0.2, 0.25) is 5.91 Å². The molecule has 0 spiro atoms. The fraction of sp³-hybridized carbons (Fsp3) is 0.917. The number of likely N-dealkylation sites (N-methyl/N-ethyl adjacent to an activating group) is 1. The van der Waals surface area contributed by atoms with E-state index in [9.17, 15) is 4.79 Å². The first-order valence-electron chi connectivity index (χ1n) is 6.25. The number of hydrogen-bond donors (Lipinski definition) is 1. The van der Waals surface area contributed by atoms with E-state index in [1.165, 1.54) is 0 Å². The Hall–Kier alpha value is -0.260. The van der Waals surface area contributed by atoms with Crippen LogP contribution in [0.25, 0.3) is 0 Å². The summed E-state index contributed by atoms with van der Waals surface area (Å²) in [5.74, 6) is 2.61.